The summed E-state index contributed by atoms with van der Waals surface area (Å²) < 4.78 is 511. The van der Waals surface area contributed by atoms with Crippen LogP contribution in [-0.4, -0.2) is 358 Å². The van der Waals surface area contributed by atoms with Crippen LogP contribution in [0.25, 0.3) is 0 Å². The third-order valence-electron chi connectivity index (χ3n) is 14.4. The molecule has 0 aliphatic carbocycles. The van der Waals surface area contributed by atoms with E-state index >= 15 is 0 Å². The van der Waals surface area contributed by atoms with E-state index in [1.54, 1.807) is 0 Å². The van der Waals surface area contributed by atoms with Crippen LogP contribution < -0.4 is 380 Å². The number of esters is 1. The molecule has 21 atom stereocenters. The Morgan fingerprint density at radius 1 is 0.333 bits per heavy atom. The van der Waals surface area contributed by atoms with Crippen molar-refractivity contribution < 1.29 is 619 Å². The van der Waals surface area contributed by atoms with Gasteiger partial charge in [-0.1, -0.05) is 51.1 Å². The average Bonchev–Trinajstić information content (AvgIpc) is 0.768. The van der Waals surface area contributed by atoms with Gasteiger partial charge < -0.3 is 85.8 Å². The van der Waals surface area contributed by atoms with Gasteiger partial charge in [-0.2, -0.15) is 42.1 Å². The molecular weight excluding hydrogens is 2210 g/mol. The molecule has 694 valence electrons. The van der Waals surface area contributed by atoms with Crippen molar-refractivity contribution in [1.82, 2.24) is 0 Å². The number of hydrogen-bond acceptors (Lipinski definition) is 60. The van der Waals surface area contributed by atoms with Crippen molar-refractivity contribution in [2.75, 3.05) is 33.3 Å². The second-order valence-corrected chi connectivity index (χ2v) is 36.5. The Kier molecular flexibility index (Phi) is 73.0. The molecule has 1 aromatic rings. The van der Waals surface area contributed by atoms with Crippen LogP contribution >= 0.6 is 0 Å². The van der Waals surface area contributed by atoms with Gasteiger partial charge in [0.25, 0.3) is 0 Å². The Balaban J connectivity index is -0.00000214. The fraction of sp³-hybridized carbons (Fsp3) is 0.721. The third-order valence-corrected chi connectivity index (χ3v) is 19.9. The van der Waals surface area contributed by atoms with E-state index in [2.05, 4.69) is 79.9 Å². The van der Waals surface area contributed by atoms with Crippen LogP contribution in [0.15, 0.2) is 55.3 Å². The molecule has 5 N–H and O–H groups in total. The molecule has 4 aliphatic rings. The molecule has 132 heavy (non-hydrogen) atoms. The smallest absolute Gasteiger partial charge is 0.860 e. The molecule has 4 saturated heterocycles. The maximum atomic E-state index is 14.6. The SMILES string of the molecule is COC(=O)C(Cc1ccccc1)N=C([O-])[C@@H]1O[C@H](CN=C([O-])[C@@H]2O[C@H](CN=C([O-])[C@@H]3O[C@H](CN=C([O-])[C@@H]4O[C@H](CN=C([O-])OC(C)(C)C)[C@@H](OS(=O)(=O)[O-])[C@H](OS(=O)(=O)[O-])[C@H]4OS(=O)(=O)O)[C@@H](OS(=O)(=O)[O-])[C@H](OS(=O)(=O)[O-])[C@H]3OS(=O)(=O)O)[C@@H](OS(=O)(=O)[O-])[C@H](OS(=O)(=O)[O-])[C@H]2OS(=O)(=O)O)[C@@H](OS(=O)(=O)[O-])[C@H](OS(=O)(=O)O)[C@H]1OS(=O)(=O)O.[Na+].[Na+].[Na+].[Na+].[Na+].[Na+].[Na+].[Na+].[Na+].[Na+].[Na+].[Na+]. The summed E-state index contributed by atoms with van der Waals surface area (Å²) in [7, 11) is -78.9. The van der Waals surface area contributed by atoms with E-state index in [4.69, 9.17) is 23.7 Å². The Morgan fingerprint density at radius 3 is 0.750 bits per heavy atom. The van der Waals surface area contributed by atoms with E-state index in [9.17, 15) is 186 Å². The van der Waals surface area contributed by atoms with E-state index in [-0.39, 0.29) is 360 Å². The van der Waals surface area contributed by atoms with Gasteiger partial charge in [0.15, 0.2) is 6.04 Å². The zero-order valence-corrected chi connectivity index (χ0v) is 104. The fourth-order valence-corrected chi connectivity index (χ4v) is 16.6. The number of aliphatic imine (C=N–C) groups is 5. The van der Waals surface area contributed by atoms with E-state index in [0.29, 0.717) is 7.11 Å². The van der Waals surface area contributed by atoms with Crippen LogP contribution in [0, 0.1) is 0 Å². The topological polar surface area (TPSA) is 1030 Å². The average molecular weight is 2260 g/mol. The van der Waals surface area contributed by atoms with Gasteiger partial charge in [0.2, 0.25) is 72.8 Å². The molecule has 0 bridgehead atoms. The molecule has 5 rings (SSSR count). The fourth-order valence-electron chi connectivity index (χ4n) is 10.7. The summed E-state index contributed by atoms with van der Waals surface area (Å²) in [5, 5.41) is 70.3. The maximum Gasteiger partial charge on any atom is 1.00 e. The minimum Gasteiger partial charge on any atom is -0.860 e. The summed E-state index contributed by atoms with van der Waals surface area (Å²) in [5.41, 5.74) is -1.43. The molecule has 0 amide bonds. The summed E-state index contributed by atoms with van der Waals surface area (Å²) >= 11 is 0. The van der Waals surface area contributed by atoms with E-state index in [1.165, 1.54) is 51.1 Å². The number of methoxy groups -OCH3 is 1. The number of benzene rings is 1. The summed E-state index contributed by atoms with van der Waals surface area (Å²) in [5.74, 6) is -11.6. The van der Waals surface area contributed by atoms with Gasteiger partial charge in [-0.3, -0.25) is 77.0 Å². The normalized spacial score (nSPS) is 27.3. The van der Waals surface area contributed by atoms with Gasteiger partial charge in [0.05, 0.1) is 33.3 Å². The number of ether oxygens (including phenoxy) is 6. The number of nitrogens with zero attached hydrogens (tertiary/aromatic N) is 5. The first-order chi connectivity index (χ1) is 54.0. The first-order valence-corrected chi connectivity index (χ1v) is 46.4. The zero-order valence-electron chi connectivity index (χ0n) is 70.4. The van der Waals surface area contributed by atoms with E-state index in [0.717, 1.165) is 0 Å². The monoisotopic (exact) mass is 2260 g/mol. The quantitative estimate of drug-likeness (QED) is 0.0102. The van der Waals surface area contributed by atoms with Gasteiger partial charge in [-0.15, -0.1) is 0 Å². The Labute approximate surface area is 1020 Å². The van der Waals surface area contributed by atoms with Gasteiger partial charge >= 0.3 is 413 Å². The molecule has 0 spiro atoms. The molecule has 4 aliphatic heterocycles. The van der Waals surface area contributed by atoms with Gasteiger partial charge in [-0.25, -0.2) is 84.6 Å². The van der Waals surface area contributed by atoms with E-state index < -0.39 is 327 Å². The minimum absolute atomic E-state index is 0. The van der Waals surface area contributed by atoms with Gasteiger partial charge in [0, 0.05) is 12.0 Å². The third kappa shape index (κ3) is 56.8. The van der Waals surface area contributed by atoms with Crippen molar-refractivity contribution in [3.63, 3.8) is 0 Å². The molecule has 1 aromatic carbocycles. The standard InChI is InChI=1S/C43H65N5O60S12.12Na/c1-43(2,3)96-42(54)47-14-20-24(100-112(64,65)66)27(103-115(73,74)75)31(107-119(85,86)87)35(94-20)39(51)45-12-18-22(98-110(58,59)60)25(101-113(67,68)69)29(105-117(79,80)81)33(92-18)37(49)44-11-17-21(97-109(55,56)57)26(102-114(70,71)72)30(106-118(82,83)84)34(93-17)38(50)46-13-19-23(99-111(61,62)63)28(104-116(76,77)78)32(108-120(88,89)90)36(95-19)40(52)48-16(41(53)91-4)10-15-8-6-5-7-9-15;;;;;;;;;;;;/h5-9,16-36H,10-14H2,1-4H3,(H,44,49)(H,45,51)(H,46,50)(H,47,54)(H,48,52)(H,55,56,57)(H,58,59,60)(H,61,62,63)(H,64,65,66)(H,67,68,69)(H,70,71,72)(H,73,74,75)(H,76,77,78)(H,79,80,81)(H,82,83,84)(H,85,86,87)(H,88,89,90);;;;;;;;;;;;/q;12*+1/p-12/t16?,17-,18-,19-,20-,21-,22-,23-,24-,25+,26+,27+,28+,29-,30-,31-,32-,33-,34-,35-,36-;;;;;;;;;;;;/m1............/s1. The van der Waals surface area contributed by atoms with Crippen molar-refractivity contribution in [1.29, 1.82) is 0 Å². The zero-order chi connectivity index (χ0) is 92.0. The van der Waals surface area contributed by atoms with Crippen molar-refractivity contribution in [3.8, 4) is 0 Å². The van der Waals surface area contributed by atoms with Crippen LogP contribution in [0.2, 0.25) is 0 Å². The maximum absolute atomic E-state index is 14.6. The predicted octanol–water partition coefficient (Wildman–Crippen LogP) is -52.7. The minimum atomic E-state index is -6.90. The summed E-state index contributed by atoms with van der Waals surface area (Å²) in [6.45, 7) is -5.02. The first kappa shape index (κ1) is 153. The Morgan fingerprint density at radius 2 is 0.538 bits per heavy atom. The molecule has 0 saturated carbocycles. The van der Waals surface area contributed by atoms with Crippen LogP contribution in [0.1, 0.15) is 26.3 Å². The van der Waals surface area contributed by atoms with Crippen LogP contribution in [-0.2, 0) is 215 Å². The number of carbonyl (C=O) groups is 1. The van der Waals surface area contributed by atoms with E-state index in [1.807, 2.05) is 0 Å². The number of hydrogen-bond donors (Lipinski definition) is 5. The molecule has 65 nitrogen and oxygen atoms in total. The van der Waals surface area contributed by atoms with Crippen LogP contribution in [0.4, 0.5) is 0 Å². The number of carbonyl (C=O) groups excluding carboxylic acids is 1. The molecule has 4 heterocycles. The second-order valence-electron chi connectivity index (χ2n) is 24.2. The predicted molar refractivity (Wildman–Crippen MR) is 342 cm³/mol. The molecule has 1 unspecified atom stereocenters. The largest absolute Gasteiger partial charge is 1.00 e. The first-order valence-electron chi connectivity index (χ1n) is 30.3. The Hall–Kier alpha value is 6.12. The van der Waals surface area contributed by atoms with Gasteiger partial charge in [-0.05, 0) is 29.2 Å². The van der Waals surface area contributed by atoms with Crippen molar-refractivity contribution in [2.24, 2.45) is 25.0 Å². The Bertz CT molecular complexity index is 5510. The van der Waals surface area contributed by atoms with Crippen LogP contribution in [0.3, 0.4) is 0 Å². The van der Waals surface area contributed by atoms with Crippen molar-refractivity contribution in [2.45, 2.75) is 161 Å². The second kappa shape index (κ2) is 62.8. The summed E-state index contributed by atoms with van der Waals surface area (Å²) in [6, 6.07) is 4.43. The molecular formula is C43H53N5Na12O60S12. The van der Waals surface area contributed by atoms with Crippen LogP contribution in [0.5, 0.6) is 0 Å². The molecule has 0 radical (unpaired) electrons. The summed E-state index contributed by atoms with van der Waals surface area (Å²) in [4.78, 5) is 28.9. The number of rotatable bonds is 40. The summed E-state index contributed by atoms with van der Waals surface area (Å²) in [6.07, 6.45) is -73.5. The molecule has 89 heteroatoms. The molecule has 4 fully saturated rings. The van der Waals surface area contributed by atoms with Gasteiger partial charge in [0.1, 0.15) is 128 Å². The molecule has 0 aromatic heterocycles. The van der Waals surface area contributed by atoms with Crippen molar-refractivity contribution >= 4 is 160 Å². The van der Waals surface area contributed by atoms with Crippen molar-refractivity contribution in [3.05, 3.63) is 35.9 Å².